The number of ketones is 1. The number of aromatic amines is 1. The normalized spacial score (nSPS) is 12.9. The number of hydrogen-bond acceptors (Lipinski definition) is 3. The Kier molecular flexibility index (Phi) is 5.06. The lowest BCUT2D eigenvalue weighted by molar-refractivity contribution is -0.117. The van der Waals surface area contributed by atoms with Gasteiger partial charge in [0.05, 0.1) is 17.5 Å². The zero-order valence-corrected chi connectivity index (χ0v) is 16.2. The second-order valence-electron chi connectivity index (χ2n) is 6.81. The average molecular weight is 388 g/mol. The minimum atomic E-state index is -3.43. The number of Topliss-reactive ketones (excluding diaryl/α,β-unsaturated/α-hetero) is 1. The van der Waals surface area contributed by atoms with Crippen LogP contribution in [0, 0.1) is 12.7 Å². The Hall–Kier alpha value is -2.67. The fraction of sp³-hybridized carbons (Fsp3) is 0.250. The highest BCUT2D eigenvalue weighted by molar-refractivity contribution is 7.92. The highest BCUT2D eigenvalue weighted by Crippen LogP contribution is 2.37. The van der Waals surface area contributed by atoms with Crippen LogP contribution in [0.1, 0.15) is 36.0 Å². The number of aromatic nitrogens is 1. The summed E-state index contributed by atoms with van der Waals surface area (Å²) < 4.78 is 39.3. The summed E-state index contributed by atoms with van der Waals surface area (Å²) in [6, 6.07) is 9.85. The molecule has 7 heteroatoms. The van der Waals surface area contributed by atoms with Gasteiger partial charge in [-0.05, 0) is 48.7 Å². The molecule has 1 unspecified atom stereocenters. The van der Waals surface area contributed by atoms with Crippen molar-refractivity contribution in [3.8, 4) is 0 Å². The molecule has 0 amide bonds. The molecular weight excluding hydrogens is 367 g/mol. The number of fused-ring (bicyclic) bond motifs is 1. The Morgan fingerprint density at radius 3 is 2.59 bits per heavy atom. The summed E-state index contributed by atoms with van der Waals surface area (Å²) in [4.78, 5) is 15.0. The van der Waals surface area contributed by atoms with E-state index in [0.29, 0.717) is 11.2 Å². The summed E-state index contributed by atoms with van der Waals surface area (Å²) >= 11 is 0. The summed E-state index contributed by atoms with van der Waals surface area (Å²) in [7, 11) is -3.43. The Bertz CT molecular complexity index is 1120. The van der Waals surface area contributed by atoms with Crippen LogP contribution in [-0.2, 0) is 14.8 Å². The number of sulfonamides is 1. The molecule has 3 rings (SSSR count). The van der Waals surface area contributed by atoms with Gasteiger partial charge in [0.15, 0.2) is 0 Å². The lowest BCUT2D eigenvalue weighted by Crippen LogP contribution is -2.10. The maximum absolute atomic E-state index is 13.5. The lowest BCUT2D eigenvalue weighted by atomic mass is 9.85. The van der Waals surface area contributed by atoms with Crippen LogP contribution in [-0.4, -0.2) is 25.4 Å². The molecule has 27 heavy (non-hydrogen) atoms. The quantitative estimate of drug-likeness (QED) is 0.667. The van der Waals surface area contributed by atoms with E-state index < -0.39 is 10.0 Å². The second kappa shape index (κ2) is 7.15. The standard InChI is InChI=1S/C20H21FN2O3S/c1-12-9-14(21)7-8-15(12)17(10-13(2)24)18-11-22-20-16(18)5-4-6-19(20)23-27(3,25)26/h4-9,11,17,22-23H,10H2,1-3H3. The zero-order chi connectivity index (χ0) is 19.8. The predicted molar refractivity (Wildman–Crippen MR) is 105 cm³/mol. The molecule has 5 nitrogen and oxygen atoms in total. The summed E-state index contributed by atoms with van der Waals surface area (Å²) in [5, 5.41) is 0.818. The third kappa shape index (κ3) is 4.19. The van der Waals surface area contributed by atoms with Crippen LogP contribution in [0.5, 0.6) is 0 Å². The number of para-hydroxylation sites is 1. The summed E-state index contributed by atoms with van der Waals surface area (Å²) in [6.45, 7) is 3.34. The van der Waals surface area contributed by atoms with Crippen LogP contribution in [0.4, 0.5) is 10.1 Å². The van der Waals surface area contributed by atoms with Crippen molar-refractivity contribution in [2.75, 3.05) is 11.0 Å². The number of carbonyl (C=O) groups excluding carboxylic acids is 1. The molecule has 0 spiro atoms. The van der Waals surface area contributed by atoms with Crippen molar-refractivity contribution in [2.24, 2.45) is 0 Å². The van der Waals surface area contributed by atoms with E-state index >= 15 is 0 Å². The van der Waals surface area contributed by atoms with Gasteiger partial charge in [0.1, 0.15) is 11.6 Å². The van der Waals surface area contributed by atoms with Gasteiger partial charge < -0.3 is 4.98 Å². The number of hydrogen-bond donors (Lipinski definition) is 2. The monoisotopic (exact) mass is 388 g/mol. The first-order chi connectivity index (χ1) is 12.7. The van der Waals surface area contributed by atoms with Gasteiger partial charge in [-0.1, -0.05) is 18.2 Å². The third-order valence-corrected chi connectivity index (χ3v) is 5.11. The van der Waals surface area contributed by atoms with Gasteiger partial charge in [0.2, 0.25) is 10.0 Å². The van der Waals surface area contributed by atoms with Crippen LogP contribution in [0.15, 0.2) is 42.6 Å². The smallest absolute Gasteiger partial charge is 0.229 e. The van der Waals surface area contributed by atoms with Crippen LogP contribution in [0.25, 0.3) is 10.9 Å². The number of H-pyrrole nitrogens is 1. The van der Waals surface area contributed by atoms with E-state index in [1.165, 1.54) is 19.1 Å². The number of carbonyl (C=O) groups is 1. The second-order valence-corrected chi connectivity index (χ2v) is 8.55. The average Bonchev–Trinajstić information content (AvgIpc) is 2.96. The highest BCUT2D eigenvalue weighted by Gasteiger charge is 2.22. The topological polar surface area (TPSA) is 79.0 Å². The minimum Gasteiger partial charge on any atom is -0.359 e. The fourth-order valence-corrected chi connectivity index (χ4v) is 4.02. The first-order valence-electron chi connectivity index (χ1n) is 8.49. The molecule has 0 radical (unpaired) electrons. The number of halogens is 1. The fourth-order valence-electron chi connectivity index (χ4n) is 3.45. The van der Waals surface area contributed by atoms with Crippen LogP contribution >= 0.6 is 0 Å². The number of benzene rings is 2. The minimum absolute atomic E-state index is 0.0171. The molecule has 0 aliphatic rings. The van der Waals surface area contributed by atoms with Gasteiger partial charge >= 0.3 is 0 Å². The molecule has 3 aromatic rings. The molecule has 0 aliphatic carbocycles. The SMILES string of the molecule is CC(=O)CC(c1ccc(F)cc1C)c1c[nH]c2c(NS(C)(=O)=O)cccc12. The maximum Gasteiger partial charge on any atom is 0.229 e. The van der Waals surface area contributed by atoms with Crippen LogP contribution in [0.2, 0.25) is 0 Å². The molecule has 0 saturated carbocycles. The molecular formula is C20H21FN2O3S. The van der Waals surface area contributed by atoms with Gasteiger partial charge in [0.25, 0.3) is 0 Å². The van der Waals surface area contributed by atoms with Crippen molar-refractivity contribution in [1.82, 2.24) is 4.98 Å². The molecule has 142 valence electrons. The number of anilines is 1. The first kappa shape index (κ1) is 19.1. The van der Waals surface area contributed by atoms with Gasteiger partial charge in [-0.3, -0.25) is 9.52 Å². The van der Waals surface area contributed by atoms with Crippen molar-refractivity contribution in [3.05, 3.63) is 65.1 Å². The Labute approximate surface area is 157 Å². The maximum atomic E-state index is 13.5. The molecule has 2 N–H and O–H groups in total. The Morgan fingerprint density at radius 1 is 1.22 bits per heavy atom. The van der Waals surface area contributed by atoms with Gasteiger partial charge in [-0.25, -0.2) is 12.8 Å². The molecule has 1 heterocycles. The largest absolute Gasteiger partial charge is 0.359 e. The molecule has 1 aromatic heterocycles. The number of rotatable bonds is 6. The van der Waals surface area contributed by atoms with E-state index in [0.717, 1.165) is 28.3 Å². The predicted octanol–water partition coefficient (Wildman–Crippen LogP) is 4.10. The molecule has 0 fully saturated rings. The molecule has 0 saturated heterocycles. The summed E-state index contributed by atoms with van der Waals surface area (Å²) in [6.07, 6.45) is 3.15. The number of aryl methyl sites for hydroxylation is 1. The van der Waals surface area contributed by atoms with E-state index in [9.17, 15) is 17.6 Å². The van der Waals surface area contributed by atoms with Gasteiger partial charge in [-0.2, -0.15) is 0 Å². The Balaban J connectivity index is 2.17. The van der Waals surface area contributed by atoms with Gasteiger partial charge in [0, 0.05) is 23.9 Å². The van der Waals surface area contributed by atoms with Gasteiger partial charge in [-0.15, -0.1) is 0 Å². The zero-order valence-electron chi connectivity index (χ0n) is 15.3. The third-order valence-electron chi connectivity index (χ3n) is 4.52. The molecule has 0 aliphatic heterocycles. The first-order valence-corrected chi connectivity index (χ1v) is 10.4. The van der Waals surface area contributed by atoms with Crippen molar-refractivity contribution in [1.29, 1.82) is 0 Å². The van der Waals surface area contributed by atoms with E-state index in [-0.39, 0.29) is 23.9 Å². The Morgan fingerprint density at radius 2 is 1.96 bits per heavy atom. The lowest BCUT2D eigenvalue weighted by Gasteiger charge is -2.18. The van der Waals surface area contributed by atoms with E-state index in [2.05, 4.69) is 9.71 Å². The van der Waals surface area contributed by atoms with E-state index in [4.69, 9.17) is 0 Å². The van der Waals surface area contributed by atoms with Crippen molar-refractivity contribution >= 4 is 32.4 Å². The van der Waals surface area contributed by atoms with Crippen molar-refractivity contribution in [3.63, 3.8) is 0 Å². The van der Waals surface area contributed by atoms with E-state index in [1.54, 1.807) is 24.4 Å². The van der Waals surface area contributed by atoms with Crippen molar-refractivity contribution < 1.29 is 17.6 Å². The van der Waals surface area contributed by atoms with E-state index in [1.807, 2.05) is 13.0 Å². The summed E-state index contributed by atoms with van der Waals surface area (Å²) in [5.74, 6) is -0.565. The summed E-state index contributed by atoms with van der Waals surface area (Å²) in [5.41, 5.74) is 3.59. The van der Waals surface area contributed by atoms with Crippen LogP contribution < -0.4 is 4.72 Å². The van der Waals surface area contributed by atoms with Crippen LogP contribution in [0.3, 0.4) is 0 Å². The van der Waals surface area contributed by atoms with Crippen molar-refractivity contribution in [2.45, 2.75) is 26.2 Å². The highest BCUT2D eigenvalue weighted by atomic mass is 32.2. The number of nitrogens with one attached hydrogen (secondary N) is 2. The molecule has 1 atom stereocenters. The molecule has 2 aromatic carbocycles. The molecule has 0 bridgehead atoms.